The molecule has 1 fully saturated rings. The van der Waals surface area contributed by atoms with Gasteiger partial charge in [0.2, 0.25) is 0 Å². The molecule has 5 nitrogen and oxygen atoms in total. The fourth-order valence-electron chi connectivity index (χ4n) is 4.26. The summed E-state index contributed by atoms with van der Waals surface area (Å²) in [6.45, 7) is 3.89. The van der Waals surface area contributed by atoms with E-state index in [4.69, 9.17) is 21.6 Å². The molecular formula is C27H22ClF3N4O. The Hall–Kier alpha value is -3.65. The lowest BCUT2D eigenvalue weighted by molar-refractivity contribution is -0.137. The fourth-order valence-corrected chi connectivity index (χ4v) is 4.43. The Balaban J connectivity index is 1.39. The van der Waals surface area contributed by atoms with Crippen molar-refractivity contribution in [2.75, 3.05) is 31.1 Å². The quantitative estimate of drug-likeness (QED) is 0.327. The lowest BCUT2D eigenvalue weighted by Crippen LogP contribution is -2.49. The summed E-state index contributed by atoms with van der Waals surface area (Å²) in [4.78, 5) is 26.3. The number of piperazine rings is 1. The molecular weight excluding hydrogens is 489 g/mol. The molecule has 0 bridgehead atoms. The normalized spacial score (nSPS) is 14.4. The van der Waals surface area contributed by atoms with Gasteiger partial charge < -0.3 is 9.80 Å². The summed E-state index contributed by atoms with van der Waals surface area (Å²) in [6, 6.07) is 17.8. The Morgan fingerprint density at radius 3 is 2.19 bits per heavy atom. The van der Waals surface area contributed by atoms with Crippen molar-refractivity contribution in [1.82, 2.24) is 14.9 Å². The zero-order chi connectivity index (χ0) is 25.4. The minimum absolute atomic E-state index is 0.236. The van der Waals surface area contributed by atoms with Gasteiger partial charge in [-0.3, -0.25) is 4.79 Å². The van der Waals surface area contributed by atoms with E-state index >= 15 is 0 Å². The Morgan fingerprint density at radius 1 is 0.889 bits per heavy atom. The number of benzene rings is 3. The van der Waals surface area contributed by atoms with Crippen LogP contribution in [-0.4, -0.2) is 47.0 Å². The summed E-state index contributed by atoms with van der Waals surface area (Å²) in [7, 11) is 0. The Kier molecular flexibility index (Phi) is 6.30. The second-order valence-electron chi connectivity index (χ2n) is 8.75. The average Bonchev–Trinajstić information content (AvgIpc) is 2.87. The summed E-state index contributed by atoms with van der Waals surface area (Å²) >= 11 is 6.24. The highest BCUT2D eigenvalue weighted by atomic mass is 35.5. The van der Waals surface area contributed by atoms with Crippen LogP contribution in [0.1, 0.15) is 21.5 Å². The van der Waals surface area contributed by atoms with E-state index < -0.39 is 11.7 Å². The van der Waals surface area contributed by atoms with Gasteiger partial charge in [-0.1, -0.05) is 41.4 Å². The summed E-state index contributed by atoms with van der Waals surface area (Å²) in [5.41, 5.74) is 2.21. The van der Waals surface area contributed by atoms with Crippen molar-refractivity contribution in [2.24, 2.45) is 0 Å². The van der Waals surface area contributed by atoms with Crippen molar-refractivity contribution in [3.8, 4) is 11.4 Å². The van der Waals surface area contributed by atoms with E-state index in [1.807, 2.05) is 43.3 Å². The van der Waals surface area contributed by atoms with E-state index in [9.17, 15) is 18.0 Å². The van der Waals surface area contributed by atoms with E-state index in [-0.39, 0.29) is 11.5 Å². The molecule has 0 aliphatic carbocycles. The second-order valence-corrected chi connectivity index (χ2v) is 9.19. The van der Waals surface area contributed by atoms with Crippen LogP contribution in [0.25, 0.3) is 22.3 Å². The molecule has 1 aromatic heterocycles. The molecule has 3 aromatic carbocycles. The molecule has 1 aliphatic heterocycles. The van der Waals surface area contributed by atoms with Gasteiger partial charge >= 0.3 is 6.18 Å². The van der Waals surface area contributed by atoms with Gasteiger partial charge in [0, 0.05) is 47.7 Å². The van der Waals surface area contributed by atoms with Crippen LogP contribution in [0, 0.1) is 6.92 Å². The number of hydrogen-bond acceptors (Lipinski definition) is 4. The summed E-state index contributed by atoms with van der Waals surface area (Å²) in [5, 5.41) is 1.44. The zero-order valence-electron chi connectivity index (χ0n) is 19.4. The number of fused-ring (bicyclic) bond motifs is 1. The Labute approximate surface area is 211 Å². The van der Waals surface area contributed by atoms with Gasteiger partial charge in [-0.25, -0.2) is 9.97 Å². The minimum atomic E-state index is -4.44. The van der Waals surface area contributed by atoms with Gasteiger partial charge in [-0.2, -0.15) is 13.2 Å². The molecule has 0 N–H and O–H groups in total. The molecule has 0 radical (unpaired) electrons. The third-order valence-electron chi connectivity index (χ3n) is 6.27. The first-order valence-electron chi connectivity index (χ1n) is 11.4. The van der Waals surface area contributed by atoms with Gasteiger partial charge in [-0.15, -0.1) is 0 Å². The van der Waals surface area contributed by atoms with E-state index in [2.05, 4.69) is 4.90 Å². The molecule has 0 saturated carbocycles. The number of halogens is 4. The van der Waals surface area contributed by atoms with Crippen LogP contribution < -0.4 is 4.90 Å². The maximum Gasteiger partial charge on any atom is 0.416 e. The number of carbonyl (C=O) groups is 1. The van der Waals surface area contributed by atoms with Gasteiger partial charge in [-0.05, 0) is 49.4 Å². The van der Waals surface area contributed by atoms with Crippen LogP contribution >= 0.6 is 11.6 Å². The summed E-state index contributed by atoms with van der Waals surface area (Å²) in [5.74, 6) is 1.06. The standard InChI is InChI=1S/C27H22ClF3N4O/c1-17-2-4-18(5-3-17)24-32-23-16-21(28)10-11-22(23)25(33-24)34-12-14-35(15-13-34)26(36)19-6-8-20(9-7-19)27(29,30)31/h2-11,16H,12-15H2,1H3. The van der Waals surface area contributed by atoms with Crippen LogP contribution in [0.2, 0.25) is 5.02 Å². The molecule has 4 aromatic rings. The van der Waals surface area contributed by atoms with Crippen LogP contribution in [0.4, 0.5) is 19.0 Å². The van der Waals surface area contributed by atoms with E-state index in [1.54, 1.807) is 11.0 Å². The second kappa shape index (κ2) is 9.43. The topological polar surface area (TPSA) is 49.3 Å². The predicted octanol–water partition coefficient (Wildman–Crippen LogP) is 6.24. The molecule has 184 valence electrons. The number of carbonyl (C=O) groups excluding carboxylic acids is 1. The summed E-state index contributed by atoms with van der Waals surface area (Å²) < 4.78 is 38.5. The van der Waals surface area contributed by atoms with Gasteiger partial charge in [0.1, 0.15) is 5.82 Å². The van der Waals surface area contributed by atoms with Crippen molar-refractivity contribution >= 4 is 34.2 Å². The minimum Gasteiger partial charge on any atom is -0.352 e. The molecule has 2 heterocycles. The van der Waals surface area contributed by atoms with E-state index in [0.29, 0.717) is 37.0 Å². The molecule has 0 atom stereocenters. The number of alkyl halides is 3. The Bertz CT molecular complexity index is 1410. The first-order chi connectivity index (χ1) is 17.2. The van der Waals surface area contributed by atoms with Crippen molar-refractivity contribution in [2.45, 2.75) is 13.1 Å². The SMILES string of the molecule is Cc1ccc(-c2nc(N3CCN(C(=O)c4ccc(C(F)(F)F)cc4)CC3)c3ccc(Cl)cc3n2)cc1. The number of nitrogens with zero attached hydrogens (tertiary/aromatic N) is 4. The molecule has 0 spiro atoms. The monoisotopic (exact) mass is 510 g/mol. The van der Waals surface area contributed by atoms with Crippen LogP contribution in [0.5, 0.6) is 0 Å². The number of rotatable bonds is 3. The first kappa shape index (κ1) is 24.1. The highest BCUT2D eigenvalue weighted by Crippen LogP contribution is 2.31. The molecule has 36 heavy (non-hydrogen) atoms. The molecule has 1 amide bonds. The smallest absolute Gasteiger partial charge is 0.352 e. The number of hydrogen-bond donors (Lipinski definition) is 0. The van der Waals surface area contributed by atoms with Crippen molar-refractivity contribution < 1.29 is 18.0 Å². The third kappa shape index (κ3) is 4.86. The van der Waals surface area contributed by atoms with Crippen molar-refractivity contribution in [3.05, 3.63) is 88.4 Å². The van der Waals surface area contributed by atoms with E-state index in [1.165, 1.54) is 12.1 Å². The lowest BCUT2D eigenvalue weighted by atomic mass is 10.1. The maximum atomic E-state index is 12.9. The number of aryl methyl sites for hydroxylation is 1. The third-order valence-corrected chi connectivity index (χ3v) is 6.51. The van der Waals surface area contributed by atoms with Crippen LogP contribution in [0.3, 0.4) is 0 Å². The molecule has 9 heteroatoms. The van der Waals surface area contributed by atoms with Gasteiger partial charge in [0.25, 0.3) is 5.91 Å². The van der Waals surface area contributed by atoms with Crippen LogP contribution in [-0.2, 0) is 6.18 Å². The van der Waals surface area contributed by atoms with Crippen molar-refractivity contribution in [3.63, 3.8) is 0 Å². The fraction of sp³-hybridized carbons (Fsp3) is 0.222. The molecule has 1 saturated heterocycles. The highest BCUT2D eigenvalue weighted by Gasteiger charge is 2.31. The molecule has 1 aliphatic rings. The van der Waals surface area contributed by atoms with Crippen molar-refractivity contribution in [1.29, 1.82) is 0 Å². The Morgan fingerprint density at radius 2 is 1.56 bits per heavy atom. The zero-order valence-corrected chi connectivity index (χ0v) is 20.1. The summed E-state index contributed by atoms with van der Waals surface area (Å²) in [6.07, 6.45) is -4.44. The molecule has 5 rings (SSSR count). The number of anilines is 1. The van der Waals surface area contributed by atoms with E-state index in [0.717, 1.165) is 40.0 Å². The average molecular weight is 511 g/mol. The number of aromatic nitrogens is 2. The first-order valence-corrected chi connectivity index (χ1v) is 11.8. The van der Waals surface area contributed by atoms with Gasteiger partial charge in [0.05, 0.1) is 11.1 Å². The number of amides is 1. The van der Waals surface area contributed by atoms with Crippen LogP contribution in [0.15, 0.2) is 66.7 Å². The highest BCUT2D eigenvalue weighted by molar-refractivity contribution is 6.31. The lowest BCUT2D eigenvalue weighted by Gasteiger charge is -2.36. The maximum absolute atomic E-state index is 12.9. The van der Waals surface area contributed by atoms with Gasteiger partial charge in [0.15, 0.2) is 5.82 Å². The molecule has 0 unspecified atom stereocenters. The predicted molar refractivity (Wildman–Crippen MR) is 134 cm³/mol. The largest absolute Gasteiger partial charge is 0.416 e.